The first-order valence-electron chi connectivity index (χ1n) is 14.9. The van der Waals surface area contributed by atoms with E-state index in [2.05, 4.69) is 26.1 Å². The highest BCUT2D eigenvalue weighted by molar-refractivity contribution is 6.06. The van der Waals surface area contributed by atoms with E-state index in [1.165, 1.54) is 29.1 Å². The number of nitrogens with zero attached hydrogens (tertiary/aromatic N) is 6. The number of carbonyl (C=O) groups excluding carboxylic acids is 2. The summed E-state index contributed by atoms with van der Waals surface area (Å²) < 4.78 is 10.5. The van der Waals surface area contributed by atoms with Crippen LogP contribution in [0.15, 0.2) is 47.3 Å². The van der Waals surface area contributed by atoms with Crippen molar-refractivity contribution in [2.24, 2.45) is 14.1 Å². The van der Waals surface area contributed by atoms with Gasteiger partial charge in [-0.15, -0.1) is 0 Å². The van der Waals surface area contributed by atoms with E-state index in [0.717, 1.165) is 53.9 Å². The molecule has 0 fully saturated rings. The van der Waals surface area contributed by atoms with Crippen LogP contribution in [-0.4, -0.2) is 47.7 Å². The number of para-hydroxylation sites is 1. The number of amides is 1. The molecule has 44 heavy (non-hydrogen) atoms. The SMILES string of the molecule is Cn1nc(Nc2cc(CC(=O)OCc3ccccc3N3CCn4c(cc5c4CCCC5)C3=O)nn(C)c2=O)cc1C(C)(C)O. The molecule has 2 aliphatic rings. The second kappa shape index (κ2) is 11.4. The van der Waals surface area contributed by atoms with Crippen LogP contribution in [0, 0.1) is 0 Å². The Morgan fingerprint density at radius 1 is 1.02 bits per heavy atom. The van der Waals surface area contributed by atoms with Gasteiger partial charge in [0.05, 0.1) is 23.5 Å². The molecule has 0 atom stereocenters. The molecule has 1 aliphatic heterocycles. The molecule has 0 bridgehead atoms. The van der Waals surface area contributed by atoms with Crippen molar-refractivity contribution in [1.29, 1.82) is 0 Å². The van der Waals surface area contributed by atoms with Crippen LogP contribution in [0.25, 0.3) is 0 Å². The molecule has 0 spiro atoms. The highest BCUT2D eigenvalue weighted by Gasteiger charge is 2.31. The van der Waals surface area contributed by atoms with Gasteiger partial charge in [-0.25, -0.2) is 4.68 Å². The molecule has 4 heterocycles. The van der Waals surface area contributed by atoms with Gasteiger partial charge < -0.3 is 24.6 Å². The van der Waals surface area contributed by atoms with E-state index in [9.17, 15) is 19.5 Å². The number of nitrogens with one attached hydrogen (secondary N) is 1. The van der Waals surface area contributed by atoms with E-state index in [-0.39, 0.29) is 24.6 Å². The highest BCUT2D eigenvalue weighted by Crippen LogP contribution is 2.31. The van der Waals surface area contributed by atoms with Gasteiger partial charge in [0, 0.05) is 44.5 Å². The van der Waals surface area contributed by atoms with Crippen molar-refractivity contribution < 1.29 is 19.4 Å². The number of benzene rings is 1. The maximum Gasteiger partial charge on any atom is 0.312 e. The van der Waals surface area contributed by atoms with Crippen LogP contribution in [0.4, 0.5) is 17.2 Å². The summed E-state index contributed by atoms with van der Waals surface area (Å²) in [5.74, 6) is -0.190. The predicted molar refractivity (Wildman–Crippen MR) is 164 cm³/mol. The molecular formula is C32H37N7O5. The molecule has 3 aromatic heterocycles. The van der Waals surface area contributed by atoms with Gasteiger partial charge in [-0.05, 0) is 63.3 Å². The van der Waals surface area contributed by atoms with Crippen molar-refractivity contribution >= 4 is 29.1 Å². The molecule has 2 N–H and O–H groups in total. The largest absolute Gasteiger partial charge is 0.460 e. The number of esters is 1. The fraction of sp³-hybridized carbons (Fsp3) is 0.406. The van der Waals surface area contributed by atoms with Gasteiger partial charge >= 0.3 is 5.97 Å². The molecule has 0 unspecified atom stereocenters. The smallest absolute Gasteiger partial charge is 0.312 e. The Morgan fingerprint density at radius 3 is 2.57 bits per heavy atom. The molecule has 1 aliphatic carbocycles. The molecule has 1 aromatic carbocycles. The van der Waals surface area contributed by atoms with E-state index < -0.39 is 17.1 Å². The van der Waals surface area contributed by atoms with Crippen molar-refractivity contribution in [3.63, 3.8) is 0 Å². The highest BCUT2D eigenvalue weighted by atomic mass is 16.5. The summed E-state index contributed by atoms with van der Waals surface area (Å²) in [5.41, 5.74) is 4.33. The first-order valence-corrected chi connectivity index (χ1v) is 14.9. The number of aryl methyl sites for hydroxylation is 3. The van der Waals surface area contributed by atoms with E-state index in [1.54, 1.807) is 31.9 Å². The van der Waals surface area contributed by atoms with Gasteiger partial charge in [0.2, 0.25) is 0 Å². The molecule has 6 rings (SSSR count). The Hall–Kier alpha value is -4.71. The van der Waals surface area contributed by atoms with Gasteiger partial charge in [-0.1, -0.05) is 18.2 Å². The average molecular weight is 600 g/mol. The first kappa shape index (κ1) is 29.4. The normalized spacial score (nSPS) is 14.8. The minimum absolute atomic E-state index is 0.0131. The Balaban J connectivity index is 1.14. The summed E-state index contributed by atoms with van der Waals surface area (Å²) in [7, 11) is 3.20. The van der Waals surface area contributed by atoms with Crippen LogP contribution in [0.5, 0.6) is 0 Å². The molecule has 4 aromatic rings. The second-order valence-electron chi connectivity index (χ2n) is 12.0. The minimum atomic E-state index is -1.12. The quantitative estimate of drug-likeness (QED) is 0.295. The zero-order chi connectivity index (χ0) is 31.2. The molecule has 0 saturated heterocycles. The lowest BCUT2D eigenvalue weighted by atomic mass is 9.98. The Morgan fingerprint density at radius 2 is 1.80 bits per heavy atom. The standard InChI is InChI=1S/C32H37N7O5/c1-32(2,43)27-18-28(35-36(27)3)33-23-16-22(34-37(4)30(23)41)17-29(40)44-19-21-10-6-8-12-25(21)39-14-13-38-24-11-7-5-9-20(24)15-26(38)31(39)42/h6,8,10,12,15-16,18,43H,5,7,9,11,13-14,17,19H2,1-4H3,(H,33,35). The molecule has 0 radical (unpaired) electrons. The maximum atomic E-state index is 13.6. The van der Waals surface area contributed by atoms with E-state index in [0.29, 0.717) is 23.8 Å². The third-order valence-electron chi connectivity index (χ3n) is 8.30. The Labute approximate surface area is 254 Å². The summed E-state index contributed by atoms with van der Waals surface area (Å²) in [4.78, 5) is 41.1. The first-order chi connectivity index (χ1) is 21.0. The number of carbonyl (C=O) groups is 2. The van der Waals surface area contributed by atoms with Crippen molar-refractivity contribution in [2.45, 2.75) is 64.7 Å². The van der Waals surface area contributed by atoms with Crippen LogP contribution < -0.4 is 15.8 Å². The number of ether oxygens (including phenoxy) is 1. The van der Waals surface area contributed by atoms with E-state index in [1.807, 2.05) is 24.3 Å². The average Bonchev–Trinajstić information content (AvgIpc) is 3.55. The van der Waals surface area contributed by atoms with Gasteiger partial charge in [0.15, 0.2) is 5.82 Å². The Bertz CT molecular complexity index is 1810. The molecular weight excluding hydrogens is 562 g/mol. The topological polar surface area (TPSA) is 137 Å². The number of hydrogen-bond donors (Lipinski definition) is 2. The number of fused-ring (bicyclic) bond motifs is 3. The zero-order valence-corrected chi connectivity index (χ0v) is 25.5. The lowest BCUT2D eigenvalue weighted by Gasteiger charge is -2.31. The fourth-order valence-corrected chi connectivity index (χ4v) is 6.20. The lowest BCUT2D eigenvalue weighted by Crippen LogP contribution is -2.41. The summed E-state index contributed by atoms with van der Waals surface area (Å²) >= 11 is 0. The number of aromatic nitrogens is 5. The Kier molecular flexibility index (Phi) is 7.62. The summed E-state index contributed by atoms with van der Waals surface area (Å²) in [6, 6.07) is 12.7. The third kappa shape index (κ3) is 5.64. The summed E-state index contributed by atoms with van der Waals surface area (Å²) in [5, 5.41) is 21.9. The summed E-state index contributed by atoms with van der Waals surface area (Å²) in [6.07, 6.45) is 4.18. The molecule has 0 saturated carbocycles. The van der Waals surface area contributed by atoms with Gasteiger partial charge in [-0.3, -0.25) is 19.1 Å². The fourth-order valence-electron chi connectivity index (χ4n) is 6.20. The number of hydrogen-bond acceptors (Lipinski definition) is 8. The summed E-state index contributed by atoms with van der Waals surface area (Å²) in [6.45, 7) is 4.56. The zero-order valence-electron chi connectivity index (χ0n) is 25.5. The van der Waals surface area contributed by atoms with Crippen LogP contribution in [-0.2, 0) is 61.6 Å². The lowest BCUT2D eigenvalue weighted by molar-refractivity contribution is -0.144. The van der Waals surface area contributed by atoms with E-state index >= 15 is 0 Å². The van der Waals surface area contributed by atoms with Crippen molar-refractivity contribution in [3.05, 3.63) is 86.7 Å². The van der Waals surface area contributed by atoms with Crippen LogP contribution in [0.3, 0.4) is 0 Å². The monoisotopic (exact) mass is 599 g/mol. The van der Waals surface area contributed by atoms with Crippen molar-refractivity contribution in [2.75, 3.05) is 16.8 Å². The molecule has 1 amide bonds. The maximum absolute atomic E-state index is 13.6. The van der Waals surface area contributed by atoms with Gasteiger partial charge in [0.25, 0.3) is 11.5 Å². The van der Waals surface area contributed by atoms with Crippen molar-refractivity contribution in [1.82, 2.24) is 24.1 Å². The predicted octanol–water partition coefficient (Wildman–Crippen LogP) is 3.11. The third-order valence-corrected chi connectivity index (χ3v) is 8.30. The van der Waals surface area contributed by atoms with Crippen LogP contribution in [0.1, 0.15) is 65.4 Å². The number of anilines is 3. The van der Waals surface area contributed by atoms with Crippen LogP contribution in [0.2, 0.25) is 0 Å². The van der Waals surface area contributed by atoms with Crippen LogP contribution >= 0.6 is 0 Å². The minimum Gasteiger partial charge on any atom is -0.460 e. The number of aliphatic hydroxyl groups is 1. The van der Waals surface area contributed by atoms with Crippen molar-refractivity contribution in [3.8, 4) is 0 Å². The molecule has 230 valence electrons. The van der Waals surface area contributed by atoms with E-state index in [4.69, 9.17) is 4.74 Å². The van der Waals surface area contributed by atoms with Gasteiger partial charge in [-0.2, -0.15) is 10.2 Å². The number of rotatable bonds is 8. The second-order valence-corrected chi connectivity index (χ2v) is 12.0. The molecule has 12 nitrogen and oxygen atoms in total. The molecule has 12 heteroatoms. The van der Waals surface area contributed by atoms with Gasteiger partial charge in [0.1, 0.15) is 23.6 Å².